The van der Waals surface area contributed by atoms with Gasteiger partial charge in [0, 0.05) is 13.1 Å². The first-order valence-electron chi connectivity index (χ1n) is 11.4. The molecule has 2 heterocycles. The molecule has 0 radical (unpaired) electrons. The summed E-state index contributed by atoms with van der Waals surface area (Å²) >= 11 is 0. The van der Waals surface area contributed by atoms with E-state index in [1.165, 1.54) is 0 Å². The Labute approximate surface area is 192 Å². The van der Waals surface area contributed by atoms with Gasteiger partial charge in [-0.15, -0.1) is 0 Å². The van der Waals surface area contributed by atoms with Gasteiger partial charge in [0.25, 0.3) is 0 Å². The third-order valence-electron chi connectivity index (χ3n) is 6.13. The van der Waals surface area contributed by atoms with Crippen LogP contribution in [0.5, 0.6) is 0 Å². The minimum Gasteiger partial charge on any atom is -0.358 e. The topological polar surface area (TPSA) is 140 Å². The molecule has 3 rings (SSSR count). The van der Waals surface area contributed by atoms with Crippen molar-refractivity contribution in [3.63, 3.8) is 0 Å². The molecular weight excluding hydrogens is 433 g/mol. The number of hydrogen-bond donors (Lipinski definition) is 4. The van der Waals surface area contributed by atoms with Crippen LogP contribution in [-0.4, -0.2) is 69.5 Å². The van der Waals surface area contributed by atoms with Crippen LogP contribution >= 0.6 is 0 Å². The average Bonchev–Trinajstić information content (AvgIpc) is 3.51. The second-order valence-corrected chi connectivity index (χ2v) is 8.65. The number of rotatable bonds is 11. The number of nitrogens with zero attached hydrogens (tertiary/aromatic N) is 4. The molecule has 1 aliphatic heterocycles. The van der Waals surface area contributed by atoms with Crippen molar-refractivity contribution < 1.29 is 24.0 Å². The maximum absolute atomic E-state index is 14.9. The Morgan fingerprint density at radius 2 is 1.88 bits per heavy atom. The molecule has 2 fully saturated rings. The van der Waals surface area contributed by atoms with Gasteiger partial charge in [-0.2, -0.15) is 4.39 Å². The molecule has 1 saturated heterocycles. The van der Waals surface area contributed by atoms with Crippen molar-refractivity contribution in [1.82, 2.24) is 25.4 Å². The van der Waals surface area contributed by atoms with E-state index in [0.29, 0.717) is 30.5 Å². The molecular formula is C21H32FN7O4. The molecule has 4 N–H and O–H groups in total. The number of hydrogen-bond acceptors (Lipinski definition) is 8. The highest BCUT2D eigenvalue weighted by molar-refractivity contribution is 5.81. The SMILES string of the molecule is Cc1nc(NCC(=O)N2CCCC2)c(F)c(NNC(=O)C(CC2CCCC2)CN(O)C=O)n1. The fraction of sp³-hybridized carbons (Fsp3) is 0.667. The third kappa shape index (κ3) is 6.98. The van der Waals surface area contributed by atoms with Crippen molar-refractivity contribution >= 4 is 29.9 Å². The molecule has 3 amide bonds. The molecule has 1 aromatic rings. The molecule has 0 spiro atoms. The van der Waals surface area contributed by atoms with Gasteiger partial charge in [-0.1, -0.05) is 25.7 Å². The van der Waals surface area contributed by atoms with Crippen LogP contribution in [0, 0.1) is 24.6 Å². The molecule has 1 unspecified atom stereocenters. The zero-order valence-electron chi connectivity index (χ0n) is 18.8. The number of likely N-dealkylation sites (tertiary alicyclic amines) is 1. The monoisotopic (exact) mass is 465 g/mol. The van der Waals surface area contributed by atoms with Crippen LogP contribution < -0.4 is 16.2 Å². The van der Waals surface area contributed by atoms with E-state index in [4.69, 9.17) is 0 Å². The maximum Gasteiger partial charge on any atom is 0.243 e. The summed E-state index contributed by atoms with van der Waals surface area (Å²) in [5, 5.41) is 12.7. The number of anilines is 2. The Bertz CT molecular complexity index is 844. The number of carbonyl (C=O) groups is 3. The van der Waals surface area contributed by atoms with E-state index in [0.717, 1.165) is 38.5 Å². The Morgan fingerprint density at radius 1 is 1.21 bits per heavy atom. The molecule has 11 nitrogen and oxygen atoms in total. The third-order valence-corrected chi connectivity index (χ3v) is 6.13. The summed E-state index contributed by atoms with van der Waals surface area (Å²) in [5.74, 6) is -1.94. The first kappa shape index (κ1) is 24.6. The van der Waals surface area contributed by atoms with Crippen molar-refractivity contribution in [3.8, 4) is 0 Å². The van der Waals surface area contributed by atoms with E-state index in [1.54, 1.807) is 11.8 Å². The highest BCUT2D eigenvalue weighted by Gasteiger charge is 2.27. The second kappa shape index (κ2) is 11.7. The van der Waals surface area contributed by atoms with Gasteiger partial charge >= 0.3 is 0 Å². The predicted molar refractivity (Wildman–Crippen MR) is 117 cm³/mol. The summed E-state index contributed by atoms with van der Waals surface area (Å²) in [6, 6.07) is 0. The number of carbonyl (C=O) groups excluding carboxylic acids is 3. The summed E-state index contributed by atoms with van der Waals surface area (Å²) < 4.78 is 14.9. The molecule has 1 aromatic heterocycles. The van der Waals surface area contributed by atoms with Crippen molar-refractivity contribution in [1.29, 1.82) is 0 Å². The predicted octanol–water partition coefficient (Wildman–Crippen LogP) is 1.45. The van der Waals surface area contributed by atoms with Gasteiger partial charge in [-0.3, -0.25) is 30.4 Å². The summed E-state index contributed by atoms with van der Waals surface area (Å²) in [5.41, 5.74) is 4.92. The largest absolute Gasteiger partial charge is 0.358 e. The maximum atomic E-state index is 14.9. The summed E-state index contributed by atoms with van der Waals surface area (Å²) in [6.07, 6.45) is 6.85. The lowest BCUT2D eigenvalue weighted by atomic mass is 9.92. The van der Waals surface area contributed by atoms with Gasteiger partial charge in [-0.05, 0) is 32.1 Å². The Kier molecular flexibility index (Phi) is 8.75. The van der Waals surface area contributed by atoms with Crippen LogP contribution in [0.15, 0.2) is 0 Å². The summed E-state index contributed by atoms with van der Waals surface area (Å²) in [4.78, 5) is 45.5. The molecule has 182 valence electrons. The average molecular weight is 466 g/mol. The minimum atomic E-state index is -0.834. The Balaban J connectivity index is 1.61. The lowest BCUT2D eigenvalue weighted by Crippen LogP contribution is -2.41. The van der Waals surface area contributed by atoms with Gasteiger partial charge in [0.1, 0.15) is 5.82 Å². The summed E-state index contributed by atoms with van der Waals surface area (Å²) in [7, 11) is 0. The quantitative estimate of drug-likeness (QED) is 0.219. The van der Waals surface area contributed by atoms with E-state index >= 15 is 0 Å². The van der Waals surface area contributed by atoms with Crippen LogP contribution in [-0.2, 0) is 14.4 Å². The highest BCUT2D eigenvalue weighted by atomic mass is 19.1. The van der Waals surface area contributed by atoms with Gasteiger partial charge in [0.15, 0.2) is 11.6 Å². The standard InChI is InChI=1S/C21H32FN7O4/c1-14-24-19(23-11-17(31)28-8-4-5-9-28)18(22)20(25-14)26-27-21(32)16(12-29(33)13-30)10-15-6-2-3-7-15/h13,15-16,33H,2-12H2,1H3,(H,27,32)(H2,23,24,25,26). The van der Waals surface area contributed by atoms with Crippen LogP contribution in [0.25, 0.3) is 0 Å². The Morgan fingerprint density at radius 3 is 2.55 bits per heavy atom. The number of halogens is 1. The first-order chi connectivity index (χ1) is 15.9. The van der Waals surface area contributed by atoms with Crippen molar-refractivity contribution in [2.75, 3.05) is 36.9 Å². The highest BCUT2D eigenvalue weighted by Crippen LogP contribution is 2.30. The number of hydrazine groups is 1. The van der Waals surface area contributed by atoms with E-state index in [-0.39, 0.29) is 42.9 Å². The van der Waals surface area contributed by atoms with Gasteiger partial charge in [-0.25, -0.2) is 15.0 Å². The molecule has 33 heavy (non-hydrogen) atoms. The fourth-order valence-corrected chi connectivity index (χ4v) is 4.40. The number of hydroxylamine groups is 2. The molecule has 1 saturated carbocycles. The first-order valence-corrected chi connectivity index (χ1v) is 11.4. The van der Waals surface area contributed by atoms with Crippen molar-refractivity contribution in [2.24, 2.45) is 11.8 Å². The smallest absolute Gasteiger partial charge is 0.243 e. The number of nitrogens with one attached hydrogen (secondary N) is 3. The molecule has 1 atom stereocenters. The van der Waals surface area contributed by atoms with E-state index in [2.05, 4.69) is 26.1 Å². The molecule has 1 aliphatic carbocycles. The van der Waals surface area contributed by atoms with Gasteiger partial charge in [0.05, 0.1) is 19.0 Å². The van der Waals surface area contributed by atoms with Crippen LogP contribution in [0.4, 0.5) is 16.0 Å². The second-order valence-electron chi connectivity index (χ2n) is 8.65. The molecule has 0 bridgehead atoms. The minimum absolute atomic E-state index is 0.0966. The van der Waals surface area contributed by atoms with E-state index in [9.17, 15) is 24.0 Å². The number of aryl methyl sites for hydroxylation is 1. The Hall–Kier alpha value is -3.02. The van der Waals surface area contributed by atoms with Crippen molar-refractivity contribution in [2.45, 2.75) is 51.9 Å². The molecule has 12 heteroatoms. The van der Waals surface area contributed by atoms with Crippen LogP contribution in [0.2, 0.25) is 0 Å². The normalized spacial score (nSPS) is 17.0. The zero-order valence-corrected chi connectivity index (χ0v) is 18.8. The molecule has 0 aromatic carbocycles. The summed E-state index contributed by atoms with van der Waals surface area (Å²) in [6.45, 7) is 2.70. The molecule has 2 aliphatic rings. The zero-order chi connectivity index (χ0) is 23.8. The van der Waals surface area contributed by atoms with Crippen LogP contribution in [0.3, 0.4) is 0 Å². The number of aromatic nitrogens is 2. The number of amides is 3. The van der Waals surface area contributed by atoms with E-state index in [1.807, 2.05) is 0 Å². The van der Waals surface area contributed by atoms with E-state index < -0.39 is 17.6 Å². The fourth-order valence-electron chi connectivity index (χ4n) is 4.40. The lowest BCUT2D eigenvalue weighted by Gasteiger charge is -2.22. The van der Waals surface area contributed by atoms with Gasteiger partial charge in [0.2, 0.25) is 24.0 Å². The lowest BCUT2D eigenvalue weighted by molar-refractivity contribution is -0.154. The van der Waals surface area contributed by atoms with Crippen LogP contribution in [0.1, 0.15) is 50.8 Å². The van der Waals surface area contributed by atoms with Crippen molar-refractivity contribution in [3.05, 3.63) is 11.6 Å². The van der Waals surface area contributed by atoms with Gasteiger partial charge < -0.3 is 10.2 Å².